The summed E-state index contributed by atoms with van der Waals surface area (Å²) < 4.78 is 32.0. The topological polar surface area (TPSA) is 81.4 Å². The van der Waals surface area contributed by atoms with Crippen molar-refractivity contribution in [3.05, 3.63) is 47.5 Å². The summed E-state index contributed by atoms with van der Waals surface area (Å²) in [7, 11) is -2.32. The van der Waals surface area contributed by atoms with Crippen molar-refractivity contribution in [2.24, 2.45) is 0 Å². The van der Waals surface area contributed by atoms with Crippen molar-refractivity contribution < 1.29 is 13.2 Å². The van der Waals surface area contributed by atoms with Crippen LogP contribution in [0.5, 0.6) is 5.75 Å². The van der Waals surface area contributed by atoms with E-state index in [1.165, 1.54) is 25.3 Å². The van der Waals surface area contributed by atoms with Crippen LogP contribution in [0.25, 0.3) is 0 Å². The largest absolute Gasteiger partial charge is 0.497 e. The lowest BCUT2D eigenvalue weighted by Gasteiger charge is -2.12. The number of nitrogen functional groups attached to an aromatic ring is 1. The van der Waals surface area contributed by atoms with E-state index < -0.39 is 10.0 Å². The van der Waals surface area contributed by atoms with E-state index in [4.69, 9.17) is 22.1 Å². The van der Waals surface area contributed by atoms with Gasteiger partial charge in [0.05, 0.1) is 23.5 Å². The molecule has 0 aliphatic heterocycles. The number of hydrogen-bond donors (Lipinski definition) is 2. The molecule has 0 heterocycles. The molecule has 0 bridgehead atoms. The molecule has 106 valence electrons. The standard InChI is InChI=1S/C13H13ClN2O3S/c1-19-9-6-7-10(14)12(8-9)16-20(17,18)13-5-3-2-4-11(13)15/h2-8,16H,15H2,1H3. The minimum absolute atomic E-state index is 0.00103. The molecule has 0 aromatic heterocycles. The minimum atomic E-state index is -3.81. The zero-order chi connectivity index (χ0) is 14.8. The average molecular weight is 313 g/mol. The molecule has 0 saturated carbocycles. The summed E-state index contributed by atoms with van der Waals surface area (Å²) >= 11 is 5.97. The normalized spacial score (nSPS) is 11.1. The van der Waals surface area contributed by atoms with Gasteiger partial charge < -0.3 is 10.5 Å². The highest BCUT2D eigenvalue weighted by Crippen LogP contribution is 2.29. The lowest BCUT2D eigenvalue weighted by atomic mass is 10.3. The molecule has 2 aromatic rings. The van der Waals surface area contributed by atoms with Gasteiger partial charge in [-0.25, -0.2) is 8.42 Å². The lowest BCUT2D eigenvalue weighted by molar-refractivity contribution is 0.415. The number of hydrogen-bond acceptors (Lipinski definition) is 4. The molecule has 0 unspecified atom stereocenters. The van der Waals surface area contributed by atoms with Crippen LogP contribution < -0.4 is 15.2 Å². The highest BCUT2D eigenvalue weighted by atomic mass is 35.5. The van der Waals surface area contributed by atoms with Crippen molar-refractivity contribution in [2.45, 2.75) is 4.90 Å². The van der Waals surface area contributed by atoms with Crippen molar-refractivity contribution in [2.75, 3.05) is 17.6 Å². The van der Waals surface area contributed by atoms with Gasteiger partial charge in [0.2, 0.25) is 0 Å². The Bertz CT molecular complexity index is 732. The third-order valence-electron chi connectivity index (χ3n) is 2.63. The third kappa shape index (κ3) is 2.97. The van der Waals surface area contributed by atoms with Crippen LogP contribution in [-0.4, -0.2) is 15.5 Å². The number of sulfonamides is 1. The first kappa shape index (κ1) is 14.5. The van der Waals surface area contributed by atoms with Gasteiger partial charge >= 0.3 is 0 Å². The Morgan fingerprint density at radius 1 is 1.20 bits per heavy atom. The van der Waals surface area contributed by atoms with E-state index in [0.29, 0.717) is 5.75 Å². The molecule has 0 fully saturated rings. The van der Waals surface area contributed by atoms with Crippen molar-refractivity contribution >= 4 is 33.0 Å². The Balaban J connectivity index is 2.41. The average Bonchev–Trinajstić information content (AvgIpc) is 2.41. The van der Waals surface area contributed by atoms with Crippen LogP contribution in [0.3, 0.4) is 0 Å². The molecule has 0 atom stereocenters. The summed E-state index contributed by atoms with van der Waals surface area (Å²) in [5, 5.41) is 0.267. The van der Waals surface area contributed by atoms with Crippen LogP contribution in [0, 0.1) is 0 Å². The van der Waals surface area contributed by atoms with Gasteiger partial charge in [-0.2, -0.15) is 0 Å². The van der Waals surface area contributed by atoms with Crippen LogP contribution in [0.1, 0.15) is 0 Å². The Labute approximate surface area is 122 Å². The first-order valence-corrected chi connectivity index (χ1v) is 7.51. The number of methoxy groups -OCH3 is 1. The molecule has 2 aromatic carbocycles. The Morgan fingerprint density at radius 3 is 2.55 bits per heavy atom. The maximum absolute atomic E-state index is 12.3. The smallest absolute Gasteiger partial charge is 0.263 e. The van der Waals surface area contributed by atoms with E-state index in [-0.39, 0.29) is 21.3 Å². The number of nitrogens with two attached hydrogens (primary N) is 1. The van der Waals surface area contributed by atoms with E-state index in [1.807, 2.05) is 0 Å². The molecule has 7 heteroatoms. The van der Waals surface area contributed by atoms with Crippen LogP contribution in [0.15, 0.2) is 47.4 Å². The van der Waals surface area contributed by atoms with E-state index in [2.05, 4.69) is 4.72 Å². The van der Waals surface area contributed by atoms with Crippen molar-refractivity contribution in [1.82, 2.24) is 0 Å². The molecule has 2 rings (SSSR count). The Hall–Kier alpha value is -1.92. The van der Waals surface area contributed by atoms with E-state index in [9.17, 15) is 8.42 Å². The van der Waals surface area contributed by atoms with E-state index in [1.54, 1.807) is 24.3 Å². The van der Waals surface area contributed by atoms with Gasteiger partial charge in [-0.3, -0.25) is 4.72 Å². The second kappa shape index (κ2) is 5.60. The fourth-order valence-corrected chi connectivity index (χ4v) is 3.06. The number of anilines is 2. The Kier molecular flexibility index (Phi) is 4.06. The van der Waals surface area contributed by atoms with E-state index in [0.717, 1.165) is 0 Å². The van der Waals surface area contributed by atoms with Gasteiger partial charge in [0, 0.05) is 6.07 Å². The number of ether oxygens (including phenoxy) is 1. The summed E-state index contributed by atoms with van der Waals surface area (Å²) in [4.78, 5) is -0.00103. The summed E-state index contributed by atoms with van der Waals surface area (Å²) in [5.41, 5.74) is 6.07. The number of rotatable bonds is 4. The zero-order valence-electron chi connectivity index (χ0n) is 10.6. The molecule has 0 saturated heterocycles. The molecule has 0 radical (unpaired) electrons. The van der Waals surface area contributed by atoms with Crippen LogP contribution in [0.4, 0.5) is 11.4 Å². The molecule has 0 amide bonds. The predicted molar refractivity (Wildman–Crippen MR) is 79.7 cm³/mol. The molecule has 20 heavy (non-hydrogen) atoms. The van der Waals surface area contributed by atoms with Crippen molar-refractivity contribution in [1.29, 1.82) is 0 Å². The third-order valence-corrected chi connectivity index (χ3v) is 4.40. The fraction of sp³-hybridized carbons (Fsp3) is 0.0769. The highest BCUT2D eigenvalue weighted by Gasteiger charge is 2.18. The molecular formula is C13H13ClN2O3S. The second-order valence-corrected chi connectivity index (χ2v) is 6.05. The monoisotopic (exact) mass is 312 g/mol. The summed E-state index contributed by atoms with van der Waals surface area (Å²) in [6, 6.07) is 10.9. The van der Waals surface area contributed by atoms with Gasteiger partial charge in [0.1, 0.15) is 10.6 Å². The summed E-state index contributed by atoms with van der Waals surface area (Å²) in [6.07, 6.45) is 0. The van der Waals surface area contributed by atoms with Gasteiger partial charge in [-0.1, -0.05) is 23.7 Å². The van der Waals surface area contributed by atoms with Gasteiger partial charge in [0.25, 0.3) is 10.0 Å². The van der Waals surface area contributed by atoms with Gasteiger partial charge in [-0.05, 0) is 24.3 Å². The molecule has 3 N–H and O–H groups in total. The van der Waals surface area contributed by atoms with Crippen molar-refractivity contribution in [3.63, 3.8) is 0 Å². The second-order valence-electron chi connectivity index (χ2n) is 3.99. The SMILES string of the molecule is COc1ccc(Cl)c(NS(=O)(=O)c2ccccc2N)c1. The predicted octanol–water partition coefficient (Wildman–Crippen LogP) is 2.73. The maximum atomic E-state index is 12.3. The highest BCUT2D eigenvalue weighted by molar-refractivity contribution is 7.92. The van der Waals surface area contributed by atoms with Crippen LogP contribution in [0.2, 0.25) is 5.02 Å². The molecule has 5 nitrogen and oxygen atoms in total. The number of nitrogens with one attached hydrogen (secondary N) is 1. The lowest BCUT2D eigenvalue weighted by Crippen LogP contribution is -2.15. The zero-order valence-corrected chi connectivity index (χ0v) is 12.2. The fourth-order valence-electron chi connectivity index (χ4n) is 1.63. The first-order chi connectivity index (χ1) is 9.44. The number of para-hydroxylation sites is 1. The van der Waals surface area contributed by atoms with Crippen molar-refractivity contribution in [3.8, 4) is 5.75 Å². The van der Waals surface area contributed by atoms with Crippen LogP contribution >= 0.6 is 11.6 Å². The number of halogens is 1. The molecule has 0 aliphatic rings. The van der Waals surface area contributed by atoms with E-state index >= 15 is 0 Å². The summed E-state index contributed by atoms with van der Waals surface area (Å²) in [6.45, 7) is 0. The quantitative estimate of drug-likeness (QED) is 0.851. The molecule has 0 aliphatic carbocycles. The van der Waals surface area contributed by atoms with Gasteiger partial charge in [0.15, 0.2) is 0 Å². The minimum Gasteiger partial charge on any atom is -0.497 e. The van der Waals surface area contributed by atoms with Gasteiger partial charge in [-0.15, -0.1) is 0 Å². The molecular weight excluding hydrogens is 300 g/mol. The maximum Gasteiger partial charge on any atom is 0.263 e. The number of benzene rings is 2. The van der Waals surface area contributed by atoms with Crippen LogP contribution in [-0.2, 0) is 10.0 Å². The Morgan fingerprint density at radius 2 is 1.90 bits per heavy atom. The first-order valence-electron chi connectivity index (χ1n) is 5.65. The summed E-state index contributed by atoms with van der Waals surface area (Å²) in [5.74, 6) is 0.494. The molecule has 0 spiro atoms.